The number of alkyl halides is 5. The molecule has 1 rings (SSSR count). The van der Waals surface area contributed by atoms with Crippen LogP contribution in [-0.2, 0) is 6.18 Å². The van der Waals surface area contributed by atoms with Crippen molar-refractivity contribution in [2.24, 2.45) is 0 Å². The molecular formula is C7H2BrF5IN. The van der Waals surface area contributed by atoms with Gasteiger partial charge in [-0.3, -0.25) is 0 Å². The minimum atomic E-state index is -4.72. The van der Waals surface area contributed by atoms with Gasteiger partial charge < -0.3 is 0 Å². The zero-order valence-electron chi connectivity index (χ0n) is 6.75. The molecule has 1 nitrogen and oxygen atoms in total. The van der Waals surface area contributed by atoms with Crippen molar-refractivity contribution in [1.29, 1.82) is 0 Å². The standard InChI is InChI=1S/C7H2BrF5IN/c8-2-1-3(14)5(7(11,12)13)15-4(2)6(9)10/h1,6H. The van der Waals surface area contributed by atoms with E-state index in [0.717, 1.165) is 6.07 Å². The van der Waals surface area contributed by atoms with E-state index in [2.05, 4.69) is 20.9 Å². The summed E-state index contributed by atoms with van der Waals surface area (Å²) in [5, 5.41) is 0. The Morgan fingerprint density at radius 2 is 1.87 bits per heavy atom. The summed E-state index contributed by atoms with van der Waals surface area (Å²) >= 11 is 4.13. The van der Waals surface area contributed by atoms with Gasteiger partial charge in [0.1, 0.15) is 5.69 Å². The number of hydrogen-bond acceptors (Lipinski definition) is 1. The Bertz CT molecular complexity index is 378. The molecule has 0 N–H and O–H groups in total. The van der Waals surface area contributed by atoms with E-state index in [9.17, 15) is 22.0 Å². The van der Waals surface area contributed by atoms with Crippen LogP contribution in [0.3, 0.4) is 0 Å². The molecule has 0 spiro atoms. The van der Waals surface area contributed by atoms with Gasteiger partial charge in [-0.05, 0) is 44.6 Å². The van der Waals surface area contributed by atoms with Gasteiger partial charge in [0.2, 0.25) is 0 Å². The zero-order valence-corrected chi connectivity index (χ0v) is 10.5. The molecule has 0 bridgehead atoms. The summed E-state index contributed by atoms with van der Waals surface area (Å²) in [6, 6.07) is 0.970. The van der Waals surface area contributed by atoms with Crippen LogP contribution in [0.2, 0.25) is 0 Å². The summed E-state index contributed by atoms with van der Waals surface area (Å²) in [5.41, 5.74) is -2.19. The second-order valence-electron chi connectivity index (χ2n) is 2.48. The molecule has 0 radical (unpaired) electrons. The normalized spacial score (nSPS) is 12.3. The van der Waals surface area contributed by atoms with Gasteiger partial charge in [-0.25, -0.2) is 13.8 Å². The predicted molar refractivity (Wildman–Crippen MR) is 54.6 cm³/mol. The highest BCUT2D eigenvalue weighted by molar-refractivity contribution is 14.1. The maximum Gasteiger partial charge on any atom is 0.434 e. The number of aromatic nitrogens is 1. The lowest BCUT2D eigenvalue weighted by Gasteiger charge is -2.11. The summed E-state index contributed by atoms with van der Waals surface area (Å²) in [6.45, 7) is 0. The van der Waals surface area contributed by atoms with Crippen LogP contribution in [0.1, 0.15) is 17.8 Å². The van der Waals surface area contributed by atoms with E-state index in [1.165, 1.54) is 22.6 Å². The van der Waals surface area contributed by atoms with Crippen LogP contribution in [-0.4, -0.2) is 4.98 Å². The smallest absolute Gasteiger partial charge is 0.240 e. The average molecular weight is 402 g/mol. The van der Waals surface area contributed by atoms with E-state index in [-0.39, 0.29) is 8.04 Å². The van der Waals surface area contributed by atoms with Crippen LogP contribution in [0.15, 0.2) is 10.5 Å². The van der Waals surface area contributed by atoms with E-state index in [4.69, 9.17) is 0 Å². The highest BCUT2D eigenvalue weighted by Crippen LogP contribution is 2.35. The van der Waals surface area contributed by atoms with Gasteiger partial charge in [0, 0.05) is 8.04 Å². The van der Waals surface area contributed by atoms with Crippen molar-refractivity contribution in [3.63, 3.8) is 0 Å². The highest BCUT2D eigenvalue weighted by Gasteiger charge is 2.36. The van der Waals surface area contributed by atoms with Crippen molar-refractivity contribution in [3.05, 3.63) is 25.5 Å². The van der Waals surface area contributed by atoms with Gasteiger partial charge in [0.15, 0.2) is 5.69 Å². The SMILES string of the molecule is FC(F)c1nc(C(F)(F)F)c(I)cc1Br. The van der Waals surface area contributed by atoms with Crippen molar-refractivity contribution in [2.45, 2.75) is 12.6 Å². The second kappa shape index (κ2) is 4.48. The molecule has 0 atom stereocenters. The van der Waals surface area contributed by atoms with Gasteiger partial charge >= 0.3 is 6.18 Å². The molecule has 0 aliphatic heterocycles. The maximum atomic E-state index is 12.3. The van der Waals surface area contributed by atoms with E-state index in [0.29, 0.717) is 0 Å². The molecule has 8 heteroatoms. The van der Waals surface area contributed by atoms with Crippen LogP contribution in [0.5, 0.6) is 0 Å². The third-order valence-electron chi connectivity index (χ3n) is 1.43. The van der Waals surface area contributed by atoms with Crippen molar-refractivity contribution in [2.75, 3.05) is 0 Å². The molecule has 0 amide bonds. The monoisotopic (exact) mass is 401 g/mol. The molecular weight excluding hydrogens is 400 g/mol. The summed E-state index contributed by atoms with van der Waals surface area (Å²) in [5.74, 6) is 0. The van der Waals surface area contributed by atoms with Crippen molar-refractivity contribution >= 4 is 38.5 Å². The first kappa shape index (κ1) is 13.1. The molecule has 1 aromatic heterocycles. The number of nitrogens with zero attached hydrogens (tertiary/aromatic N) is 1. The molecule has 0 unspecified atom stereocenters. The Morgan fingerprint density at radius 3 is 2.27 bits per heavy atom. The summed E-state index contributed by atoms with van der Waals surface area (Å²) in [6.07, 6.45) is -7.77. The molecule has 0 aliphatic carbocycles. The van der Waals surface area contributed by atoms with Crippen LogP contribution in [0.25, 0.3) is 0 Å². The fourth-order valence-electron chi connectivity index (χ4n) is 0.833. The summed E-state index contributed by atoms with van der Waals surface area (Å²) < 4.78 is 61.1. The van der Waals surface area contributed by atoms with E-state index >= 15 is 0 Å². The molecule has 1 heterocycles. The lowest BCUT2D eigenvalue weighted by Crippen LogP contribution is -2.12. The number of pyridine rings is 1. The third kappa shape index (κ3) is 2.99. The Hall–Kier alpha value is 0.01000. The van der Waals surface area contributed by atoms with Gasteiger partial charge in [-0.2, -0.15) is 13.2 Å². The predicted octanol–water partition coefficient (Wildman–Crippen LogP) is 4.41. The lowest BCUT2D eigenvalue weighted by atomic mass is 10.3. The fraction of sp³-hybridized carbons (Fsp3) is 0.286. The Balaban J connectivity index is 3.37. The lowest BCUT2D eigenvalue weighted by molar-refractivity contribution is -0.142. The van der Waals surface area contributed by atoms with Crippen molar-refractivity contribution in [3.8, 4) is 0 Å². The second-order valence-corrected chi connectivity index (χ2v) is 4.50. The zero-order chi connectivity index (χ0) is 11.8. The van der Waals surface area contributed by atoms with E-state index < -0.39 is 24.0 Å². The van der Waals surface area contributed by atoms with E-state index in [1.807, 2.05) is 0 Å². The molecule has 0 saturated heterocycles. The maximum absolute atomic E-state index is 12.3. The molecule has 84 valence electrons. The molecule has 0 saturated carbocycles. The van der Waals surface area contributed by atoms with Crippen molar-refractivity contribution < 1.29 is 22.0 Å². The number of hydrogen-bond donors (Lipinski definition) is 0. The largest absolute Gasteiger partial charge is 0.434 e. The van der Waals surface area contributed by atoms with Gasteiger partial charge in [0.25, 0.3) is 6.43 Å². The van der Waals surface area contributed by atoms with Crippen LogP contribution < -0.4 is 0 Å². The van der Waals surface area contributed by atoms with Gasteiger partial charge in [-0.15, -0.1) is 0 Å². The Labute approximate surface area is 103 Å². The quantitative estimate of drug-likeness (QED) is 0.502. The van der Waals surface area contributed by atoms with Crippen molar-refractivity contribution in [1.82, 2.24) is 4.98 Å². The highest BCUT2D eigenvalue weighted by atomic mass is 127. The summed E-state index contributed by atoms with van der Waals surface area (Å²) in [7, 11) is 0. The van der Waals surface area contributed by atoms with Crippen LogP contribution >= 0.6 is 38.5 Å². The van der Waals surface area contributed by atoms with Gasteiger partial charge in [-0.1, -0.05) is 0 Å². The molecule has 0 aliphatic rings. The number of halogens is 7. The first-order valence-corrected chi connectivity index (χ1v) is 5.32. The molecule has 0 fully saturated rings. The summed E-state index contributed by atoms with van der Waals surface area (Å²) in [4.78, 5) is 2.91. The minimum absolute atomic E-state index is 0.130. The Morgan fingerprint density at radius 1 is 1.33 bits per heavy atom. The third-order valence-corrected chi connectivity index (χ3v) is 2.89. The topological polar surface area (TPSA) is 12.9 Å². The Kier molecular flexibility index (Phi) is 3.90. The molecule has 1 aromatic rings. The molecule has 0 aromatic carbocycles. The average Bonchev–Trinajstić information content (AvgIpc) is 2.00. The van der Waals surface area contributed by atoms with E-state index in [1.54, 1.807) is 0 Å². The van der Waals surface area contributed by atoms with Crippen LogP contribution in [0.4, 0.5) is 22.0 Å². The fourth-order valence-corrected chi connectivity index (χ4v) is 2.49. The first-order chi connectivity index (χ1) is 6.73. The molecule has 15 heavy (non-hydrogen) atoms. The van der Waals surface area contributed by atoms with Crippen LogP contribution in [0, 0.1) is 3.57 Å². The minimum Gasteiger partial charge on any atom is -0.240 e. The number of rotatable bonds is 1. The van der Waals surface area contributed by atoms with Gasteiger partial charge in [0.05, 0.1) is 0 Å². The first-order valence-electron chi connectivity index (χ1n) is 3.44.